The Hall–Kier alpha value is -5.00. The number of amides is 1. The van der Waals surface area contributed by atoms with E-state index in [-0.39, 0.29) is 40.6 Å². The van der Waals surface area contributed by atoms with Gasteiger partial charge < -0.3 is 4.57 Å². The Kier molecular flexibility index (Phi) is 6.84. The molecule has 1 aromatic heterocycles. The SMILES string of the molecule is O=C(Nc1nc2cc(F)ccc2n1C1CCC(C(=O)c2cccc([N+](=O)[O-])c2)CC1)c1cccc([N+](=O)[O-])c1. The number of hydrogen-bond donors (Lipinski definition) is 1. The van der Waals surface area contributed by atoms with E-state index in [0.29, 0.717) is 42.3 Å². The van der Waals surface area contributed by atoms with Gasteiger partial charge in [0.15, 0.2) is 5.78 Å². The number of carbonyl (C=O) groups is 2. The molecule has 1 N–H and O–H groups in total. The van der Waals surface area contributed by atoms with E-state index >= 15 is 0 Å². The number of fused-ring (bicyclic) bond motifs is 1. The molecular formula is C27H22FN5O6. The van der Waals surface area contributed by atoms with E-state index in [0.717, 1.165) is 6.07 Å². The molecule has 5 rings (SSSR count). The summed E-state index contributed by atoms with van der Waals surface area (Å²) in [5.41, 5.74) is 0.917. The number of non-ortho nitro benzene ring substituents is 2. The van der Waals surface area contributed by atoms with Crippen LogP contribution in [0.5, 0.6) is 0 Å². The van der Waals surface area contributed by atoms with Crippen LogP contribution in [-0.2, 0) is 0 Å². The molecule has 198 valence electrons. The number of carbonyl (C=O) groups excluding carboxylic acids is 2. The van der Waals surface area contributed by atoms with Gasteiger partial charge in [-0.2, -0.15) is 0 Å². The van der Waals surface area contributed by atoms with E-state index in [1.54, 1.807) is 16.7 Å². The van der Waals surface area contributed by atoms with Gasteiger partial charge in [-0.05, 0) is 43.9 Å². The summed E-state index contributed by atoms with van der Waals surface area (Å²) in [7, 11) is 0. The number of ketones is 1. The molecule has 12 heteroatoms. The Morgan fingerprint density at radius 2 is 1.49 bits per heavy atom. The Balaban J connectivity index is 1.39. The van der Waals surface area contributed by atoms with Crippen molar-refractivity contribution in [3.63, 3.8) is 0 Å². The number of Topliss-reactive ketones (excluding diaryl/α,β-unsaturated/α-hetero) is 1. The molecule has 0 bridgehead atoms. The maximum atomic E-state index is 14.0. The summed E-state index contributed by atoms with van der Waals surface area (Å²) >= 11 is 0. The lowest BCUT2D eigenvalue weighted by atomic mass is 9.81. The van der Waals surface area contributed by atoms with Gasteiger partial charge in [0.25, 0.3) is 17.3 Å². The number of rotatable bonds is 7. The lowest BCUT2D eigenvalue weighted by molar-refractivity contribution is -0.385. The number of nitro groups is 2. The zero-order valence-electron chi connectivity index (χ0n) is 20.5. The lowest BCUT2D eigenvalue weighted by Gasteiger charge is -2.30. The topological polar surface area (TPSA) is 150 Å². The number of imidazole rings is 1. The molecule has 11 nitrogen and oxygen atoms in total. The third-order valence-corrected chi connectivity index (χ3v) is 6.97. The normalized spacial score (nSPS) is 17.1. The van der Waals surface area contributed by atoms with E-state index in [4.69, 9.17) is 0 Å². The van der Waals surface area contributed by atoms with Crippen molar-refractivity contribution >= 4 is 40.0 Å². The van der Waals surface area contributed by atoms with Crippen LogP contribution in [0.2, 0.25) is 0 Å². The standard InChI is InChI=1S/C27H22FN5O6/c28-19-9-12-24-23(15-19)29-27(30-26(35)18-4-2-6-22(14-18)33(38)39)31(24)20-10-7-16(8-11-20)25(34)17-3-1-5-21(13-17)32(36)37/h1-6,9,12-16,20H,7-8,10-11H2,(H,29,30,35). The van der Waals surface area contributed by atoms with Gasteiger partial charge in [-0.15, -0.1) is 0 Å². The Morgan fingerprint density at radius 3 is 2.13 bits per heavy atom. The molecule has 0 spiro atoms. The van der Waals surface area contributed by atoms with Crippen LogP contribution in [0.1, 0.15) is 52.4 Å². The van der Waals surface area contributed by atoms with E-state index in [2.05, 4.69) is 10.3 Å². The van der Waals surface area contributed by atoms with Gasteiger partial charge in [-0.25, -0.2) is 9.37 Å². The average molecular weight is 532 g/mol. The maximum absolute atomic E-state index is 14.0. The van der Waals surface area contributed by atoms with Crippen molar-refractivity contribution in [1.82, 2.24) is 9.55 Å². The van der Waals surface area contributed by atoms with Gasteiger partial charge >= 0.3 is 0 Å². The Labute approximate surface area is 220 Å². The molecule has 0 atom stereocenters. The average Bonchev–Trinajstić information content (AvgIpc) is 3.29. The molecule has 1 aliphatic carbocycles. The highest BCUT2D eigenvalue weighted by Gasteiger charge is 2.31. The summed E-state index contributed by atoms with van der Waals surface area (Å²) in [5.74, 6) is -1.41. The van der Waals surface area contributed by atoms with Crippen LogP contribution >= 0.6 is 0 Å². The van der Waals surface area contributed by atoms with Crippen molar-refractivity contribution in [3.05, 3.63) is 104 Å². The van der Waals surface area contributed by atoms with Crippen molar-refractivity contribution in [1.29, 1.82) is 0 Å². The van der Waals surface area contributed by atoms with Crippen LogP contribution in [0, 0.1) is 32.0 Å². The number of aromatic nitrogens is 2. The summed E-state index contributed by atoms with van der Waals surface area (Å²) in [6, 6.07) is 14.9. The molecule has 0 saturated heterocycles. The lowest BCUT2D eigenvalue weighted by Crippen LogP contribution is -2.25. The summed E-state index contributed by atoms with van der Waals surface area (Å²) in [4.78, 5) is 51.6. The van der Waals surface area contributed by atoms with Crippen molar-refractivity contribution < 1.29 is 23.8 Å². The maximum Gasteiger partial charge on any atom is 0.270 e. The number of nitrogens with zero attached hydrogens (tertiary/aromatic N) is 4. The molecular weight excluding hydrogens is 509 g/mol. The number of anilines is 1. The fraction of sp³-hybridized carbons (Fsp3) is 0.222. The number of benzene rings is 3. The first-order valence-corrected chi connectivity index (χ1v) is 12.2. The first-order valence-electron chi connectivity index (χ1n) is 12.2. The number of halogens is 1. The van der Waals surface area contributed by atoms with Crippen LogP contribution < -0.4 is 5.32 Å². The van der Waals surface area contributed by atoms with Crippen LogP contribution in [-0.4, -0.2) is 31.1 Å². The highest BCUT2D eigenvalue weighted by atomic mass is 19.1. The molecule has 1 aliphatic rings. The second-order valence-electron chi connectivity index (χ2n) is 9.38. The molecule has 39 heavy (non-hydrogen) atoms. The van der Waals surface area contributed by atoms with E-state index in [9.17, 15) is 34.2 Å². The zero-order valence-corrected chi connectivity index (χ0v) is 20.5. The van der Waals surface area contributed by atoms with Gasteiger partial charge in [0.05, 0.1) is 20.9 Å². The number of hydrogen-bond acceptors (Lipinski definition) is 7. The van der Waals surface area contributed by atoms with Crippen molar-refractivity contribution in [2.45, 2.75) is 31.7 Å². The predicted molar refractivity (Wildman–Crippen MR) is 139 cm³/mol. The molecule has 1 saturated carbocycles. The molecule has 4 aromatic rings. The van der Waals surface area contributed by atoms with Crippen molar-refractivity contribution in [2.24, 2.45) is 5.92 Å². The molecule has 0 unspecified atom stereocenters. The monoisotopic (exact) mass is 531 g/mol. The van der Waals surface area contributed by atoms with Crippen LogP contribution in [0.3, 0.4) is 0 Å². The summed E-state index contributed by atoms with van der Waals surface area (Å²) in [5, 5.41) is 24.9. The van der Waals surface area contributed by atoms with Crippen LogP contribution in [0.4, 0.5) is 21.7 Å². The number of nitro benzene ring substituents is 2. The molecule has 1 amide bonds. The zero-order chi connectivity index (χ0) is 27.7. The molecule has 0 aliphatic heterocycles. The minimum Gasteiger partial charge on any atom is -0.307 e. The first-order chi connectivity index (χ1) is 18.7. The fourth-order valence-corrected chi connectivity index (χ4v) is 5.07. The summed E-state index contributed by atoms with van der Waals surface area (Å²) in [6.45, 7) is 0. The third-order valence-electron chi connectivity index (χ3n) is 6.97. The van der Waals surface area contributed by atoms with Crippen molar-refractivity contribution in [3.8, 4) is 0 Å². The van der Waals surface area contributed by atoms with Gasteiger partial charge in [0.1, 0.15) is 5.82 Å². The predicted octanol–water partition coefficient (Wildman–Crippen LogP) is 5.86. The summed E-state index contributed by atoms with van der Waals surface area (Å²) < 4.78 is 15.8. The van der Waals surface area contributed by atoms with E-state index in [1.807, 2.05) is 0 Å². The van der Waals surface area contributed by atoms with Gasteiger partial charge in [0, 0.05) is 53.4 Å². The molecule has 0 radical (unpaired) electrons. The second-order valence-corrected chi connectivity index (χ2v) is 9.38. The van der Waals surface area contributed by atoms with E-state index < -0.39 is 21.6 Å². The Morgan fingerprint density at radius 1 is 0.872 bits per heavy atom. The highest BCUT2D eigenvalue weighted by molar-refractivity contribution is 6.04. The molecule has 3 aromatic carbocycles. The Bertz CT molecular complexity index is 1630. The second kappa shape index (κ2) is 10.4. The minimum atomic E-state index is -0.606. The van der Waals surface area contributed by atoms with Crippen molar-refractivity contribution in [2.75, 3.05) is 5.32 Å². The quantitative estimate of drug-likeness (QED) is 0.178. The molecule has 1 fully saturated rings. The minimum absolute atomic E-state index is 0.0697. The summed E-state index contributed by atoms with van der Waals surface area (Å²) in [6.07, 6.45) is 2.11. The number of nitrogens with one attached hydrogen (secondary N) is 1. The largest absolute Gasteiger partial charge is 0.307 e. The van der Waals surface area contributed by atoms with Crippen LogP contribution in [0.25, 0.3) is 11.0 Å². The fourth-order valence-electron chi connectivity index (χ4n) is 5.07. The van der Waals surface area contributed by atoms with E-state index in [1.165, 1.54) is 48.5 Å². The third kappa shape index (κ3) is 5.21. The molecule has 1 heterocycles. The van der Waals surface area contributed by atoms with Gasteiger partial charge in [-0.1, -0.05) is 18.2 Å². The first kappa shape index (κ1) is 25.6. The van der Waals surface area contributed by atoms with Gasteiger partial charge in [-0.3, -0.25) is 35.1 Å². The van der Waals surface area contributed by atoms with Gasteiger partial charge in [0.2, 0.25) is 5.95 Å². The highest BCUT2D eigenvalue weighted by Crippen LogP contribution is 2.38. The van der Waals surface area contributed by atoms with Crippen LogP contribution in [0.15, 0.2) is 66.7 Å². The smallest absolute Gasteiger partial charge is 0.270 e.